The first-order chi connectivity index (χ1) is 11.2. The number of benzene rings is 1. The van der Waals surface area contributed by atoms with Gasteiger partial charge >= 0.3 is 0 Å². The van der Waals surface area contributed by atoms with Crippen molar-refractivity contribution < 1.29 is 0 Å². The summed E-state index contributed by atoms with van der Waals surface area (Å²) in [5.74, 6) is 3.54. The standard InChI is InChI=1S/C18H21ClN4/c1-2-20-16-10-17(22-18(21-16)12-3-4-12)23-8-7-13-9-15(19)6-5-14(13)11-23/h5-6,9-10,12H,2-4,7-8,11H2,1H3,(H,20,21,22). The summed E-state index contributed by atoms with van der Waals surface area (Å²) in [5, 5.41) is 4.17. The lowest BCUT2D eigenvalue weighted by Gasteiger charge is -2.30. The summed E-state index contributed by atoms with van der Waals surface area (Å²) in [6, 6.07) is 8.28. The van der Waals surface area contributed by atoms with E-state index in [1.165, 1.54) is 24.0 Å². The molecule has 120 valence electrons. The number of aromatic nitrogens is 2. The molecule has 0 spiro atoms. The Labute approximate surface area is 141 Å². The predicted molar refractivity (Wildman–Crippen MR) is 94.4 cm³/mol. The number of hydrogen-bond donors (Lipinski definition) is 1. The van der Waals surface area contributed by atoms with E-state index >= 15 is 0 Å². The lowest BCUT2D eigenvalue weighted by atomic mass is 10.00. The molecular weight excluding hydrogens is 308 g/mol. The minimum atomic E-state index is 0.559. The Morgan fingerprint density at radius 3 is 2.87 bits per heavy atom. The Kier molecular flexibility index (Phi) is 3.85. The molecule has 0 amide bonds. The van der Waals surface area contributed by atoms with Crippen LogP contribution in [0.25, 0.3) is 0 Å². The maximum Gasteiger partial charge on any atom is 0.136 e. The minimum Gasteiger partial charge on any atom is -0.370 e. The second-order valence-electron chi connectivity index (χ2n) is 6.36. The van der Waals surface area contributed by atoms with Crippen molar-refractivity contribution in [1.29, 1.82) is 0 Å². The number of anilines is 2. The van der Waals surface area contributed by atoms with E-state index in [9.17, 15) is 0 Å². The van der Waals surface area contributed by atoms with E-state index in [2.05, 4.69) is 40.3 Å². The third-order valence-corrected chi connectivity index (χ3v) is 4.77. The first kappa shape index (κ1) is 14.8. The molecule has 5 heteroatoms. The highest BCUT2D eigenvalue weighted by Gasteiger charge is 2.28. The lowest BCUT2D eigenvalue weighted by molar-refractivity contribution is 0.714. The van der Waals surface area contributed by atoms with Crippen LogP contribution in [0.3, 0.4) is 0 Å². The molecule has 0 bridgehead atoms. The van der Waals surface area contributed by atoms with E-state index in [1.807, 2.05) is 6.07 Å². The molecule has 23 heavy (non-hydrogen) atoms. The van der Waals surface area contributed by atoms with Gasteiger partial charge in [-0.05, 0) is 49.4 Å². The van der Waals surface area contributed by atoms with E-state index in [-0.39, 0.29) is 0 Å². The van der Waals surface area contributed by atoms with Gasteiger partial charge in [-0.1, -0.05) is 17.7 Å². The van der Waals surface area contributed by atoms with Gasteiger partial charge in [0.25, 0.3) is 0 Å². The fraction of sp³-hybridized carbons (Fsp3) is 0.444. The van der Waals surface area contributed by atoms with Crippen molar-refractivity contribution in [2.45, 2.75) is 38.6 Å². The molecule has 1 aliphatic carbocycles. The summed E-state index contributed by atoms with van der Waals surface area (Å²) in [6.07, 6.45) is 3.45. The summed E-state index contributed by atoms with van der Waals surface area (Å²) in [6.45, 7) is 4.83. The highest BCUT2D eigenvalue weighted by atomic mass is 35.5. The molecule has 0 radical (unpaired) electrons. The Balaban J connectivity index is 1.63. The first-order valence-corrected chi connectivity index (χ1v) is 8.76. The third kappa shape index (κ3) is 3.13. The topological polar surface area (TPSA) is 41.0 Å². The minimum absolute atomic E-state index is 0.559. The van der Waals surface area contributed by atoms with Gasteiger partial charge in [-0.25, -0.2) is 9.97 Å². The summed E-state index contributed by atoms with van der Waals surface area (Å²) in [4.78, 5) is 11.9. The number of nitrogens with zero attached hydrogens (tertiary/aromatic N) is 3. The van der Waals surface area contributed by atoms with Crippen LogP contribution in [0.1, 0.15) is 42.6 Å². The zero-order chi connectivity index (χ0) is 15.8. The summed E-state index contributed by atoms with van der Waals surface area (Å²) < 4.78 is 0. The van der Waals surface area contributed by atoms with Gasteiger partial charge in [0, 0.05) is 36.6 Å². The Hall–Kier alpha value is -1.81. The average Bonchev–Trinajstić information content (AvgIpc) is 3.39. The van der Waals surface area contributed by atoms with Crippen molar-refractivity contribution in [3.05, 3.63) is 46.2 Å². The molecule has 1 aromatic heterocycles. The van der Waals surface area contributed by atoms with Gasteiger partial charge in [0.2, 0.25) is 0 Å². The van der Waals surface area contributed by atoms with Gasteiger partial charge in [0.15, 0.2) is 0 Å². The van der Waals surface area contributed by atoms with E-state index in [4.69, 9.17) is 16.6 Å². The number of halogens is 1. The lowest BCUT2D eigenvalue weighted by Crippen LogP contribution is -2.31. The van der Waals surface area contributed by atoms with E-state index in [0.29, 0.717) is 5.92 Å². The SMILES string of the molecule is CCNc1cc(N2CCc3cc(Cl)ccc3C2)nc(C2CC2)n1. The number of nitrogens with one attached hydrogen (secondary N) is 1. The van der Waals surface area contributed by atoms with Crippen LogP contribution in [0, 0.1) is 0 Å². The molecule has 1 aromatic carbocycles. The average molecular weight is 329 g/mol. The van der Waals surface area contributed by atoms with Crippen molar-refractivity contribution in [3.8, 4) is 0 Å². The molecule has 2 aromatic rings. The molecule has 1 saturated carbocycles. The highest BCUT2D eigenvalue weighted by Crippen LogP contribution is 2.39. The van der Waals surface area contributed by atoms with E-state index < -0.39 is 0 Å². The Bertz CT molecular complexity index is 727. The van der Waals surface area contributed by atoms with Gasteiger partial charge < -0.3 is 10.2 Å². The normalized spacial score (nSPS) is 17.0. The maximum absolute atomic E-state index is 6.11. The zero-order valence-electron chi connectivity index (χ0n) is 13.3. The number of fused-ring (bicyclic) bond motifs is 1. The van der Waals surface area contributed by atoms with Crippen LogP contribution in [0.4, 0.5) is 11.6 Å². The molecule has 2 aliphatic rings. The largest absolute Gasteiger partial charge is 0.370 e. The monoisotopic (exact) mass is 328 g/mol. The smallest absolute Gasteiger partial charge is 0.136 e. The quantitative estimate of drug-likeness (QED) is 0.921. The van der Waals surface area contributed by atoms with Crippen molar-refractivity contribution in [2.75, 3.05) is 23.3 Å². The number of rotatable bonds is 4. The predicted octanol–water partition coefficient (Wildman–Crippen LogP) is 4.00. The van der Waals surface area contributed by atoms with Gasteiger partial charge in [-0.3, -0.25) is 0 Å². The summed E-state index contributed by atoms with van der Waals surface area (Å²) in [7, 11) is 0. The van der Waals surface area contributed by atoms with Crippen molar-refractivity contribution >= 4 is 23.2 Å². The van der Waals surface area contributed by atoms with Gasteiger partial charge in [0.05, 0.1) is 0 Å². The van der Waals surface area contributed by atoms with Crippen LogP contribution < -0.4 is 10.2 Å². The van der Waals surface area contributed by atoms with Crippen molar-refractivity contribution in [2.24, 2.45) is 0 Å². The van der Waals surface area contributed by atoms with Crippen LogP contribution in [-0.2, 0) is 13.0 Å². The van der Waals surface area contributed by atoms with E-state index in [0.717, 1.165) is 48.5 Å². The molecule has 1 fully saturated rings. The summed E-state index contributed by atoms with van der Waals surface area (Å²) >= 11 is 6.11. The molecule has 1 aliphatic heterocycles. The van der Waals surface area contributed by atoms with Crippen LogP contribution in [0.15, 0.2) is 24.3 Å². The molecule has 0 saturated heterocycles. The van der Waals surface area contributed by atoms with Gasteiger partial charge in [0.1, 0.15) is 17.5 Å². The number of hydrogen-bond acceptors (Lipinski definition) is 4. The molecule has 1 N–H and O–H groups in total. The van der Waals surface area contributed by atoms with Gasteiger partial charge in [-0.2, -0.15) is 0 Å². The fourth-order valence-corrected chi connectivity index (χ4v) is 3.32. The third-order valence-electron chi connectivity index (χ3n) is 4.53. The van der Waals surface area contributed by atoms with E-state index in [1.54, 1.807) is 0 Å². The maximum atomic E-state index is 6.11. The highest BCUT2D eigenvalue weighted by molar-refractivity contribution is 6.30. The first-order valence-electron chi connectivity index (χ1n) is 8.38. The molecule has 2 heterocycles. The second kappa shape index (κ2) is 6.00. The molecular formula is C18H21ClN4. The Morgan fingerprint density at radius 2 is 2.09 bits per heavy atom. The Morgan fingerprint density at radius 1 is 1.22 bits per heavy atom. The van der Waals surface area contributed by atoms with Crippen molar-refractivity contribution in [3.63, 3.8) is 0 Å². The molecule has 0 atom stereocenters. The van der Waals surface area contributed by atoms with Gasteiger partial charge in [-0.15, -0.1) is 0 Å². The second-order valence-corrected chi connectivity index (χ2v) is 6.80. The van der Waals surface area contributed by atoms with Crippen LogP contribution in [-0.4, -0.2) is 23.1 Å². The van der Waals surface area contributed by atoms with Crippen LogP contribution in [0.2, 0.25) is 5.02 Å². The molecule has 4 nitrogen and oxygen atoms in total. The zero-order valence-corrected chi connectivity index (χ0v) is 14.1. The van der Waals surface area contributed by atoms with Crippen LogP contribution >= 0.6 is 11.6 Å². The molecule has 4 rings (SSSR count). The molecule has 0 unspecified atom stereocenters. The van der Waals surface area contributed by atoms with Crippen LogP contribution in [0.5, 0.6) is 0 Å². The summed E-state index contributed by atoms with van der Waals surface area (Å²) in [5.41, 5.74) is 2.70. The van der Waals surface area contributed by atoms with Crippen molar-refractivity contribution in [1.82, 2.24) is 9.97 Å². The fourth-order valence-electron chi connectivity index (χ4n) is 3.13.